The van der Waals surface area contributed by atoms with Crippen LogP contribution < -0.4 is 22.5 Å². The van der Waals surface area contributed by atoms with Crippen molar-refractivity contribution in [3.05, 3.63) is 0 Å². The Morgan fingerprint density at radius 2 is 1.68 bits per heavy atom. The van der Waals surface area contributed by atoms with E-state index in [2.05, 4.69) is 11.1 Å². The zero-order valence-corrected chi connectivity index (χ0v) is 19.0. The summed E-state index contributed by atoms with van der Waals surface area (Å²) in [5.74, 6) is -2.38. The SMILES string of the molecule is CC1CC2C(=O)NC(C(=O)C(N)=O)CCCCCCCCCC(C)(N)C([NH3+])C(=O)N2C1. The van der Waals surface area contributed by atoms with Gasteiger partial charge in [0.2, 0.25) is 11.7 Å². The molecule has 176 valence electrons. The maximum absolute atomic E-state index is 13.3. The summed E-state index contributed by atoms with van der Waals surface area (Å²) in [5, 5.41) is 2.71. The fraction of sp³-hybridized carbons (Fsp3) is 0.818. The monoisotopic (exact) mass is 438 g/mol. The van der Waals surface area contributed by atoms with Crippen LogP contribution in [0.3, 0.4) is 0 Å². The van der Waals surface area contributed by atoms with Crippen LogP contribution in [-0.2, 0) is 19.2 Å². The molecular formula is C22H40N5O4+. The number of rotatable bonds is 2. The molecule has 31 heavy (non-hydrogen) atoms. The number of fused-ring (bicyclic) bond motifs is 1. The van der Waals surface area contributed by atoms with Crippen LogP contribution in [0.1, 0.15) is 78.1 Å². The van der Waals surface area contributed by atoms with Gasteiger partial charge in [-0.25, -0.2) is 0 Å². The minimum Gasteiger partial charge on any atom is -0.363 e. The number of quaternary nitrogens is 1. The predicted molar refractivity (Wildman–Crippen MR) is 116 cm³/mol. The van der Waals surface area contributed by atoms with Gasteiger partial charge in [-0.3, -0.25) is 19.2 Å². The predicted octanol–water partition coefficient (Wildman–Crippen LogP) is -0.385. The fourth-order valence-corrected chi connectivity index (χ4v) is 4.64. The lowest BCUT2D eigenvalue weighted by Gasteiger charge is -2.33. The van der Waals surface area contributed by atoms with Gasteiger partial charge < -0.3 is 27.4 Å². The molecule has 2 saturated heterocycles. The Hall–Kier alpha value is -2.00. The topological polar surface area (TPSA) is 163 Å². The van der Waals surface area contributed by atoms with E-state index in [0.29, 0.717) is 25.8 Å². The Morgan fingerprint density at radius 3 is 2.29 bits per heavy atom. The smallest absolute Gasteiger partial charge is 0.287 e. The molecule has 9 heteroatoms. The lowest BCUT2D eigenvalue weighted by atomic mass is 9.87. The first kappa shape index (κ1) is 25.3. The number of primary amides is 1. The van der Waals surface area contributed by atoms with E-state index < -0.39 is 41.3 Å². The Bertz CT molecular complexity index is 681. The minimum absolute atomic E-state index is 0.131. The van der Waals surface area contributed by atoms with Crippen LogP contribution in [0.4, 0.5) is 0 Å². The van der Waals surface area contributed by atoms with Crippen molar-refractivity contribution in [3.8, 4) is 0 Å². The Balaban J connectivity index is 2.25. The number of Topliss-reactive ketones (excluding diaryl/α,β-unsaturated/α-hetero) is 1. The number of nitrogens with zero attached hydrogens (tertiary/aromatic N) is 1. The molecule has 2 rings (SSSR count). The summed E-state index contributed by atoms with van der Waals surface area (Å²) in [6.45, 7) is 4.27. The first-order chi connectivity index (χ1) is 14.5. The molecular weight excluding hydrogens is 398 g/mol. The number of ketones is 1. The number of nitrogens with two attached hydrogens (primary N) is 2. The summed E-state index contributed by atoms with van der Waals surface area (Å²) >= 11 is 0. The van der Waals surface area contributed by atoms with E-state index in [1.54, 1.807) is 4.90 Å². The van der Waals surface area contributed by atoms with Gasteiger partial charge in [-0.05, 0) is 32.1 Å². The third kappa shape index (κ3) is 6.74. The minimum atomic E-state index is -1.05. The summed E-state index contributed by atoms with van der Waals surface area (Å²) in [4.78, 5) is 51.7. The number of nitrogens with one attached hydrogen (secondary N) is 1. The van der Waals surface area contributed by atoms with Crippen LogP contribution in [0.25, 0.3) is 0 Å². The molecule has 0 aromatic rings. The van der Waals surface area contributed by atoms with E-state index in [9.17, 15) is 19.2 Å². The first-order valence-corrected chi connectivity index (χ1v) is 11.6. The van der Waals surface area contributed by atoms with Crippen molar-refractivity contribution in [2.45, 2.75) is 102 Å². The highest BCUT2D eigenvalue weighted by atomic mass is 16.2. The van der Waals surface area contributed by atoms with Gasteiger partial charge in [-0.1, -0.05) is 51.9 Å². The average Bonchev–Trinajstić information content (AvgIpc) is 3.10. The zero-order valence-electron chi connectivity index (χ0n) is 19.0. The second-order valence-corrected chi connectivity index (χ2v) is 9.71. The maximum Gasteiger partial charge on any atom is 0.287 e. The first-order valence-electron chi connectivity index (χ1n) is 11.6. The number of hydrogen-bond donors (Lipinski definition) is 4. The van der Waals surface area contributed by atoms with Crippen molar-refractivity contribution in [2.75, 3.05) is 6.54 Å². The van der Waals surface area contributed by atoms with Gasteiger partial charge in [0.1, 0.15) is 6.04 Å². The van der Waals surface area contributed by atoms with Gasteiger partial charge in [0.15, 0.2) is 6.04 Å². The molecule has 0 aliphatic carbocycles. The van der Waals surface area contributed by atoms with Crippen LogP contribution in [0, 0.1) is 5.92 Å². The van der Waals surface area contributed by atoms with Gasteiger partial charge in [0, 0.05) is 6.54 Å². The van der Waals surface area contributed by atoms with Crippen LogP contribution in [-0.4, -0.2) is 58.6 Å². The number of carbonyl (C=O) groups is 4. The molecule has 9 nitrogen and oxygen atoms in total. The van der Waals surface area contributed by atoms with Crippen LogP contribution in [0.2, 0.25) is 0 Å². The normalized spacial score (nSPS) is 34.5. The summed E-state index contributed by atoms with van der Waals surface area (Å²) < 4.78 is 0. The van der Waals surface area contributed by atoms with E-state index >= 15 is 0 Å². The third-order valence-electron chi connectivity index (χ3n) is 6.77. The molecule has 5 atom stereocenters. The van der Waals surface area contributed by atoms with Crippen LogP contribution >= 0.6 is 0 Å². The van der Waals surface area contributed by atoms with Gasteiger partial charge in [-0.15, -0.1) is 0 Å². The molecule has 0 spiro atoms. The van der Waals surface area contributed by atoms with Crippen molar-refractivity contribution in [1.29, 1.82) is 0 Å². The average molecular weight is 439 g/mol. The molecule has 2 fully saturated rings. The largest absolute Gasteiger partial charge is 0.363 e. The Kier molecular flexibility index (Phi) is 9.00. The van der Waals surface area contributed by atoms with Crippen molar-refractivity contribution in [3.63, 3.8) is 0 Å². The van der Waals surface area contributed by atoms with Crippen molar-refractivity contribution in [2.24, 2.45) is 17.4 Å². The second kappa shape index (κ2) is 11.0. The highest BCUT2D eigenvalue weighted by molar-refractivity contribution is 6.37. The number of carbonyl (C=O) groups excluding carboxylic acids is 4. The standard InChI is InChI=1S/C22H39N5O4/c1-14-12-16-20(30)26-15(17(28)19(24)29)10-8-6-4-3-5-7-9-11-22(2,25)18(23)21(31)27(16)13-14/h14-16,18H,3-13,23,25H2,1-2H3,(H2,24,29)(H,26,30)/p+1. The molecule has 0 bridgehead atoms. The Labute approximate surface area is 184 Å². The molecule has 2 heterocycles. The molecule has 0 radical (unpaired) electrons. The summed E-state index contributed by atoms with van der Waals surface area (Å²) in [6, 6.07) is -2.34. The number of amides is 3. The number of hydrogen-bond acceptors (Lipinski definition) is 5. The van der Waals surface area contributed by atoms with E-state index in [1.807, 2.05) is 13.8 Å². The lowest BCUT2D eigenvalue weighted by Crippen LogP contribution is -2.79. The van der Waals surface area contributed by atoms with E-state index in [1.165, 1.54) is 0 Å². The molecule has 5 unspecified atom stereocenters. The van der Waals surface area contributed by atoms with E-state index in [0.717, 1.165) is 44.9 Å². The quantitative estimate of drug-likeness (QED) is 0.431. The lowest BCUT2D eigenvalue weighted by molar-refractivity contribution is -0.420. The van der Waals surface area contributed by atoms with E-state index in [4.69, 9.17) is 11.5 Å². The molecule has 0 saturated carbocycles. The summed E-state index contributed by atoms with van der Waals surface area (Å²) in [7, 11) is 0. The fourth-order valence-electron chi connectivity index (χ4n) is 4.64. The van der Waals surface area contributed by atoms with Crippen molar-refractivity contribution in [1.82, 2.24) is 10.2 Å². The second-order valence-electron chi connectivity index (χ2n) is 9.71. The summed E-state index contributed by atoms with van der Waals surface area (Å²) in [6.07, 6.45) is 8.33. The van der Waals surface area contributed by atoms with Crippen molar-refractivity contribution >= 4 is 23.5 Å². The molecule has 2 aliphatic heterocycles. The molecule has 3 amide bonds. The highest BCUT2D eigenvalue weighted by Gasteiger charge is 2.45. The van der Waals surface area contributed by atoms with Crippen LogP contribution in [0.5, 0.6) is 0 Å². The van der Waals surface area contributed by atoms with E-state index in [-0.39, 0.29) is 11.8 Å². The molecule has 8 N–H and O–H groups in total. The zero-order chi connectivity index (χ0) is 23.2. The van der Waals surface area contributed by atoms with Gasteiger partial charge in [0.05, 0.1) is 11.6 Å². The molecule has 0 aromatic carbocycles. The summed E-state index contributed by atoms with van der Waals surface area (Å²) in [5.41, 5.74) is 15.0. The Morgan fingerprint density at radius 1 is 1.10 bits per heavy atom. The van der Waals surface area contributed by atoms with Gasteiger partial charge in [0.25, 0.3) is 11.8 Å². The van der Waals surface area contributed by atoms with Gasteiger partial charge in [-0.2, -0.15) is 0 Å². The van der Waals surface area contributed by atoms with Gasteiger partial charge >= 0.3 is 0 Å². The third-order valence-corrected chi connectivity index (χ3v) is 6.77. The molecule has 2 aliphatic rings. The molecule has 0 aromatic heterocycles. The maximum atomic E-state index is 13.3. The van der Waals surface area contributed by atoms with Crippen LogP contribution in [0.15, 0.2) is 0 Å². The van der Waals surface area contributed by atoms with Crippen molar-refractivity contribution < 1.29 is 24.9 Å². The highest BCUT2D eigenvalue weighted by Crippen LogP contribution is 2.26.